The number of benzene rings is 2. The number of ether oxygens (including phenoxy) is 1. The van der Waals surface area contributed by atoms with Crippen LogP contribution < -0.4 is 15.2 Å². The fourth-order valence-corrected chi connectivity index (χ4v) is 3.81. The average Bonchev–Trinajstić information content (AvgIpc) is 2.56. The van der Waals surface area contributed by atoms with Crippen LogP contribution in [0.25, 0.3) is 10.8 Å². The van der Waals surface area contributed by atoms with Gasteiger partial charge in [0, 0.05) is 18.5 Å². The molecule has 7 heteroatoms. The molecule has 0 bridgehead atoms. The Morgan fingerprint density at radius 2 is 1.88 bits per heavy atom. The molecule has 0 aliphatic carbocycles. The number of hydrogen-bond acceptors (Lipinski definition) is 4. The van der Waals surface area contributed by atoms with Crippen LogP contribution in [0, 0.1) is 0 Å². The molecular weight excluding hydrogens is 348 g/mol. The lowest BCUT2D eigenvalue weighted by Crippen LogP contribution is -2.29. The van der Waals surface area contributed by atoms with Crippen LogP contribution in [0.5, 0.6) is 5.75 Å². The number of nitrogens with one attached hydrogen (secondary N) is 1. The van der Waals surface area contributed by atoms with E-state index in [0.29, 0.717) is 17.7 Å². The fourth-order valence-electron chi connectivity index (χ4n) is 2.41. The lowest BCUT2D eigenvalue weighted by Gasteiger charge is -2.15. The molecule has 2 aromatic rings. The van der Waals surface area contributed by atoms with Gasteiger partial charge in [0.25, 0.3) is 0 Å². The van der Waals surface area contributed by atoms with Gasteiger partial charge in [-0.2, -0.15) is 0 Å². The molecule has 0 unspecified atom stereocenters. The van der Waals surface area contributed by atoms with Crippen LogP contribution in [-0.2, 0) is 10.0 Å². The summed E-state index contributed by atoms with van der Waals surface area (Å²) in [7, 11) is -3.68. The van der Waals surface area contributed by atoms with Crippen LogP contribution in [-0.4, -0.2) is 28.1 Å². The number of sulfonamides is 1. The van der Waals surface area contributed by atoms with E-state index in [1.165, 1.54) is 0 Å². The van der Waals surface area contributed by atoms with Crippen molar-refractivity contribution in [2.75, 3.05) is 19.7 Å². The Bertz CT molecular complexity index is 751. The normalized spacial score (nSPS) is 11.2. The summed E-state index contributed by atoms with van der Waals surface area (Å²) in [4.78, 5) is 0.195. The third-order valence-electron chi connectivity index (χ3n) is 3.55. The van der Waals surface area contributed by atoms with Crippen molar-refractivity contribution < 1.29 is 13.2 Å². The van der Waals surface area contributed by atoms with Gasteiger partial charge in [-0.25, -0.2) is 13.1 Å². The monoisotopic (exact) mass is 372 g/mol. The zero-order chi connectivity index (χ0) is 16.7. The zero-order valence-electron chi connectivity index (χ0n) is 13.8. The van der Waals surface area contributed by atoms with Gasteiger partial charge >= 0.3 is 0 Å². The summed E-state index contributed by atoms with van der Waals surface area (Å²) in [6, 6.07) is 11.0. The van der Waals surface area contributed by atoms with Crippen molar-refractivity contribution in [2.45, 2.75) is 31.1 Å². The van der Waals surface area contributed by atoms with Crippen LogP contribution in [0.3, 0.4) is 0 Å². The average molecular weight is 373 g/mol. The fraction of sp³-hybridized carbons (Fsp3) is 0.412. The number of halogens is 1. The first-order chi connectivity index (χ1) is 11.1. The third kappa shape index (κ3) is 5.08. The van der Waals surface area contributed by atoms with Gasteiger partial charge in [-0.05, 0) is 17.9 Å². The summed E-state index contributed by atoms with van der Waals surface area (Å²) in [5, 5.41) is 1.52. The van der Waals surface area contributed by atoms with Gasteiger partial charge in [0.2, 0.25) is 10.0 Å². The predicted octanol–water partition coefficient (Wildman–Crippen LogP) is 3.07. The van der Waals surface area contributed by atoms with Crippen LogP contribution in [0.2, 0.25) is 0 Å². The molecule has 0 heterocycles. The summed E-state index contributed by atoms with van der Waals surface area (Å²) in [5.74, 6) is 0.393. The molecule has 0 saturated heterocycles. The Balaban J connectivity index is 0.00000288. The van der Waals surface area contributed by atoms with Crippen LogP contribution in [0.15, 0.2) is 41.3 Å². The van der Waals surface area contributed by atoms with Crippen molar-refractivity contribution in [3.8, 4) is 5.75 Å². The van der Waals surface area contributed by atoms with E-state index in [1.807, 2.05) is 24.3 Å². The molecule has 3 N–H and O–H groups in total. The second-order valence-electron chi connectivity index (χ2n) is 5.36. The van der Waals surface area contributed by atoms with E-state index in [1.54, 1.807) is 12.1 Å². The predicted molar refractivity (Wildman–Crippen MR) is 100 cm³/mol. The topological polar surface area (TPSA) is 81.4 Å². The number of fused-ring (bicyclic) bond motifs is 1. The summed E-state index contributed by atoms with van der Waals surface area (Å²) in [5.41, 5.74) is 5.42. The van der Waals surface area contributed by atoms with Gasteiger partial charge in [0.15, 0.2) is 0 Å². The maximum atomic E-state index is 12.7. The lowest BCUT2D eigenvalue weighted by molar-refractivity contribution is 0.299. The Morgan fingerprint density at radius 1 is 1.12 bits per heavy atom. The van der Waals surface area contributed by atoms with Crippen molar-refractivity contribution in [1.82, 2.24) is 4.72 Å². The molecule has 0 saturated carbocycles. The number of unbranched alkanes of at least 4 members (excludes halogenated alkanes) is 2. The van der Waals surface area contributed by atoms with Gasteiger partial charge in [0.05, 0.1) is 6.61 Å². The van der Waals surface area contributed by atoms with Crippen molar-refractivity contribution in [2.24, 2.45) is 5.73 Å². The summed E-state index contributed by atoms with van der Waals surface area (Å²) in [6.07, 6.45) is 3.05. The maximum absolute atomic E-state index is 12.7. The van der Waals surface area contributed by atoms with E-state index < -0.39 is 10.0 Å². The standard InChI is InChI=1S/C17H24N2O3S.ClH/c1-2-3-6-13-22-16-10-9-14-7-4-5-8-15(14)17(16)23(20,21)19-12-11-18;/h4-5,7-10,19H,2-3,6,11-13,18H2,1H3;1H. The lowest BCUT2D eigenvalue weighted by atomic mass is 10.1. The van der Waals surface area contributed by atoms with Gasteiger partial charge < -0.3 is 10.5 Å². The molecule has 0 spiro atoms. The van der Waals surface area contributed by atoms with Gasteiger partial charge in [-0.15, -0.1) is 12.4 Å². The largest absolute Gasteiger partial charge is 0.492 e. The molecule has 2 aromatic carbocycles. The first-order valence-corrected chi connectivity index (χ1v) is 9.42. The maximum Gasteiger partial charge on any atom is 0.244 e. The Hall–Kier alpha value is -1.34. The molecule has 0 aromatic heterocycles. The Labute approximate surface area is 150 Å². The first kappa shape index (κ1) is 20.7. The second kappa shape index (κ2) is 9.84. The van der Waals surface area contributed by atoms with E-state index in [-0.39, 0.29) is 30.4 Å². The summed E-state index contributed by atoms with van der Waals surface area (Å²) < 4.78 is 33.6. The minimum Gasteiger partial charge on any atom is -0.492 e. The number of rotatable bonds is 9. The summed E-state index contributed by atoms with van der Waals surface area (Å²) >= 11 is 0. The molecule has 24 heavy (non-hydrogen) atoms. The highest BCUT2D eigenvalue weighted by atomic mass is 35.5. The second-order valence-corrected chi connectivity index (χ2v) is 7.06. The van der Waals surface area contributed by atoms with E-state index in [4.69, 9.17) is 10.5 Å². The molecule has 2 rings (SSSR count). The van der Waals surface area contributed by atoms with Crippen LogP contribution >= 0.6 is 12.4 Å². The third-order valence-corrected chi connectivity index (χ3v) is 5.10. The highest BCUT2D eigenvalue weighted by molar-refractivity contribution is 7.89. The Kier molecular flexibility index (Phi) is 8.48. The van der Waals surface area contributed by atoms with E-state index >= 15 is 0 Å². The van der Waals surface area contributed by atoms with E-state index in [0.717, 1.165) is 24.6 Å². The van der Waals surface area contributed by atoms with Crippen molar-refractivity contribution in [3.05, 3.63) is 36.4 Å². The molecule has 0 aliphatic heterocycles. The zero-order valence-corrected chi connectivity index (χ0v) is 15.5. The number of hydrogen-bond donors (Lipinski definition) is 2. The highest BCUT2D eigenvalue weighted by Crippen LogP contribution is 2.32. The summed E-state index contributed by atoms with van der Waals surface area (Å²) in [6.45, 7) is 3.06. The molecule has 134 valence electrons. The van der Waals surface area contributed by atoms with Crippen LogP contribution in [0.1, 0.15) is 26.2 Å². The molecule has 0 atom stereocenters. The first-order valence-electron chi connectivity index (χ1n) is 7.94. The molecular formula is C17H25ClN2O3S. The van der Waals surface area contributed by atoms with E-state index in [2.05, 4.69) is 11.6 Å². The molecule has 0 amide bonds. The minimum atomic E-state index is -3.68. The van der Waals surface area contributed by atoms with Gasteiger partial charge in [-0.1, -0.05) is 50.1 Å². The van der Waals surface area contributed by atoms with Crippen molar-refractivity contribution >= 4 is 33.2 Å². The molecule has 0 radical (unpaired) electrons. The molecule has 0 aliphatic rings. The molecule has 5 nitrogen and oxygen atoms in total. The van der Waals surface area contributed by atoms with Crippen molar-refractivity contribution in [3.63, 3.8) is 0 Å². The number of nitrogens with two attached hydrogens (primary N) is 1. The SMILES string of the molecule is CCCCCOc1ccc2ccccc2c1S(=O)(=O)NCCN.Cl. The smallest absolute Gasteiger partial charge is 0.244 e. The minimum absolute atomic E-state index is 0. The van der Waals surface area contributed by atoms with E-state index in [9.17, 15) is 8.42 Å². The highest BCUT2D eigenvalue weighted by Gasteiger charge is 2.22. The quantitative estimate of drug-likeness (QED) is 0.663. The molecule has 0 fully saturated rings. The van der Waals surface area contributed by atoms with Gasteiger partial charge in [0.1, 0.15) is 10.6 Å². The van der Waals surface area contributed by atoms with Crippen molar-refractivity contribution in [1.29, 1.82) is 0 Å². The Morgan fingerprint density at radius 3 is 2.58 bits per heavy atom. The van der Waals surface area contributed by atoms with Gasteiger partial charge in [-0.3, -0.25) is 0 Å². The van der Waals surface area contributed by atoms with Crippen LogP contribution in [0.4, 0.5) is 0 Å².